The highest BCUT2D eigenvalue weighted by molar-refractivity contribution is 7.99. The molecule has 0 spiro atoms. The molecule has 31 heavy (non-hydrogen) atoms. The van der Waals surface area contributed by atoms with E-state index in [-0.39, 0.29) is 18.1 Å². The Bertz CT molecular complexity index is 1210. The van der Waals surface area contributed by atoms with Gasteiger partial charge in [-0.1, -0.05) is 28.5 Å². The molecule has 0 amide bonds. The van der Waals surface area contributed by atoms with E-state index in [0.717, 1.165) is 11.4 Å². The van der Waals surface area contributed by atoms with E-state index in [4.69, 9.17) is 20.9 Å². The second kappa shape index (κ2) is 8.99. The highest BCUT2D eigenvalue weighted by atomic mass is 35.5. The van der Waals surface area contributed by atoms with Crippen LogP contribution in [0.4, 0.5) is 0 Å². The number of carbonyl (C=O) groups is 1. The first-order valence-corrected chi connectivity index (χ1v) is 10.9. The number of halogens is 1. The third-order valence-electron chi connectivity index (χ3n) is 4.61. The van der Waals surface area contributed by atoms with Gasteiger partial charge in [0.25, 0.3) is 0 Å². The smallest absolute Gasteiger partial charge is 0.208 e. The van der Waals surface area contributed by atoms with Gasteiger partial charge in [0.1, 0.15) is 18.1 Å². The Labute approximate surface area is 187 Å². The van der Waals surface area contributed by atoms with E-state index >= 15 is 0 Å². The Kier molecular flexibility index (Phi) is 6.15. The van der Waals surface area contributed by atoms with E-state index in [1.54, 1.807) is 24.3 Å². The number of benzene rings is 1. The number of aryl methyl sites for hydroxylation is 2. The van der Waals surface area contributed by atoms with E-state index in [9.17, 15) is 4.79 Å². The lowest BCUT2D eigenvalue weighted by molar-refractivity contribution is 0.102. The molecule has 0 fully saturated rings. The van der Waals surface area contributed by atoms with Crippen molar-refractivity contribution in [1.82, 2.24) is 24.9 Å². The zero-order chi connectivity index (χ0) is 22.0. The lowest BCUT2D eigenvalue weighted by Gasteiger charge is -2.04. The number of rotatable bonds is 8. The minimum atomic E-state index is -0.00617. The molecule has 0 bridgehead atoms. The quantitative estimate of drug-likeness (QED) is 0.302. The van der Waals surface area contributed by atoms with Gasteiger partial charge in [0.2, 0.25) is 5.16 Å². The van der Waals surface area contributed by atoms with Crippen LogP contribution in [0.3, 0.4) is 0 Å². The van der Waals surface area contributed by atoms with Crippen molar-refractivity contribution in [2.24, 2.45) is 0 Å². The molecule has 160 valence electrons. The molecule has 8 nitrogen and oxygen atoms in total. The molecular formula is C21H20ClN5O3S. The van der Waals surface area contributed by atoms with Gasteiger partial charge >= 0.3 is 0 Å². The van der Waals surface area contributed by atoms with Gasteiger partial charge in [0, 0.05) is 28.0 Å². The zero-order valence-corrected chi connectivity index (χ0v) is 18.8. The van der Waals surface area contributed by atoms with Gasteiger partial charge in [-0.2, -0.15) is 0 Å². The van der Waals surface area contributed by atoms with Gasteiger partial charge in [-0.3, -0.25) is 14.5 Å². The number of hydrogen-bond acceptors (Lipinski definition) is 7. The molecule has 0 aliphatic carbocycles. The van der Waals surface area contributed by atoms with Gasteiger partial charge in [0.05, 0.1) is 5.75 Å². The molecule has 0 radical (unpaired) electrons. The highest BCUT2D eigenvalue weighted by Gasteiger charge is 2.19. The number of aromatic amines is 1. The van der Waals surface area contributed by atoms with Crippen molar-refractivity contribution in [2.75, 3.05) is 5.75 Å². The summed E-state index contributed by atoms with van der Waals surface area (Å²) in [6.07, 6.45) is 0. The fraction of sp³-hybridized carbons (Fsp3) is 0.238. The first-order chi connectivity index (χ1) is 14.9. The molecule has 0 unspecified atom stereocenters. The van der Waals surface area contributed by atoms with E-state index < -0.39 is 0 Å². The lowest BCUT2D eigenvalue weighted by Crippen LogP contribution is -2.06. The van der Waals surface area contributed by atoms with Crippen LogP contribution in [0.1, 0.15) is 33.3 Å². The third kappa shape index (κ3) is 4.83. The number of ketones is 1. The van der Waals surface area contributed by atoms with Crippen molar-refractivity contribution in [1.29, 1.82) is 0 Å². The number of aromatic nitrogens is 5. The van der Waals surface area contributed by atoms with Gasteiger partial charge in [-0.15, -0.1) is 5.10 Å². The van der Waals surface area contributed by atoms with Crippen LogP contribution in [0.2, 0.25) is 5.02 Å². The summed E-state index contributed by atoms with van der Waals surface area (Å²) in [5.74, 6) is 2.85. The van der Waals surface area contributed by atoms with Crippen LogP contribution in [0, 0.1) is 20.8 Å². The molecule has 0 aliphatic heterocycles. The Morgan fingerprint density at radius 2 is 2.00 bits per heavy atom. The fourth-order valence-corrected chi connectivity index (χ4v) is 3.98. The van der Waals surface area contributed by atoms with Gasteiger partial charge in [-0.05, 0) is 51.1 Å². The number of hydrogen-bond donors (Lipinski definition) is 1. The van der Waals surface area contributed by atoms with E-state index in [2.05, 4.69) is 20.3 Å². The molecule has 0 saturated carbocycles. The van der Waals surface area contributed by atoms with Crippen LogP contribution in [0.5, 0.6) is 5.75 Å². The summed E-state index contributed by atoms with van der Waals surface area (Å²) in [5, 5.41) is 12.2. The van der Waals surface area contributed by atoms with Crippen molar-refractivity contribution in [3.8, 4) is 11.6 Å². The standard InChI is InChI=1S/C21H20ClN5O3S/c1-12-8-17(14(3)27(12)20-9-13(2)30-26-20)18(28)11-31-21-23-19(24-25-21)10-29-16-6-4-15(22)5-7-16/h4-9H,10-11H2,1-3H3,(H,23,24,25). The Morgan fingerprint density at radius 3 is 2.71 bits per heavy atom. The molecule has 4 rings (SSSR count). The number of ether oxygens (including phenoxy) is 1. The minimum Gasteiger partial charge on any atom is -0.486 e. The van der Waals surface area contributed by atoms with Crippen LogP contribution in [0.25, 0.3) is 5.82 Å². The van der Waals surface area contributed by atoms with Crippen LogP contribution in [-0.4, -0.2) is 36.4 Å². The molecule has 1 aromatic carbocycles. The first-order valence-electron chi connectivity index (χ1n) is 9.49. The summed E-state index contributed by atoms with van der Waals surface area (Å²) in [6, 6.07) is 10.8. The van der Waals surface area contributed by atoms with Crippen LogP contribution < -0.4 is 4.74 Å². The Balaban J connectivity index is 1.37. The van der Waals surface area contributed by atoms with E-state index in [1.165, 1.54) is 11.8 Å². The van der Waals surface area contributed by atoms with Gasteiger partial charge in [-0.25, -0.2) is 4.98 Å². The maximum absolute atomic E-state index is 12.8. The number of Topliss-reactive ketones (excluding diaryl/α,β-unsaturated/α-hetero) is 1. The van der Waals surface area contributed by atoms with Crippen molar-refractivity contribution < 1.29 is 14.1 Å². The number of nitrogens with one attached hydrogen (secondary N) is 1. The Morgan fingerprint density at radius 1 is 1.23 bits per heavy atom. The average Bonchev–Trinajstić information content (AvgIpc) is 3.45. The number of H-pyrrole nitrogens is 1. The number of carbonyl (C=O) groups excluding carboxylic acids is 1. The largest absolute Gasteiger partial charge is 0.486 e. The van der Waals surface area contributed by atoms with Gasteiger partial charge < -0.3 is 9.26 Å². The lowest BCUT2D eigenvalue weighted by atomic mass is 10.2. The summed E-state index contributed by atoms with van der Waals surface area (Å²) in [6.45, 7) is 5.90. The Hall–Kier alpha value is -3.04. The SMILES string of the molecule is Cc1cc(-n2c(C)cc(C(=O)CSc3n[nH]c(COc4ccc(Cl)cc4)n3)c2C)no1. The van der Waals surface area contributed by atoms with E-state index in [1.807, 2.05) is 37.5 Å². The van der Waals surface area contributed by atoms with Crippen LogP contribution in [-0.2, 0) is 6.61 Å². The fourth-order valence-electron chi connectivity index (χ4n) is 3.15. The maximum Gasteiger partial charge on any atom is 0.208 e. The molecule has 3 aromatic heterocycles. The maximum atomic E-state index is 12.8. The molecule has 1 N–H and O–H groups in total. The topological polar surface area (TPSA) is 98.8 Å². The van der Waals surface area contributed by atoms with Crippen molar-refractivity contribution in [3.05, 3.63) is 70.0 Å². The van der Waals surface area contributed by atoms with Crippen molar-refractivity contribution >= 4 is 29.1 Å². The summed E-state index contributed by atoms with van der Waals surface area (Å²) >= 11 is 7.14. The minimum absolute atomic E-state index is 0.00617. The summed E-state index contributed by atoms with van der Waals surface area (Å²) in [4.78, 5) is 17.2. The predicted octanol–water partition coefficient (Wildman–Crippen LogP) is 4.72. The highest BCUT2D eigenvalue weighted by Crippen LogP contribution is 2.23. The summed E-state index contributed by atoms with van der Waals surface area (Å²) < 4.78 is 12.7. The van der Waals surface area contributed by atoms with Crippen LogP contribution in [0.15, 0.2) is 46.1 Å². The summed E-state index contributed by atoms with van der Waals surface area (Å²) in [7, 11) is 0. The second-order valence-electron chi connectivity index (χ2n) is 6.94. The predicted molar refractivity (Wildman–Crippen MR) is 117 cm³/mol. The molecule has 4 aromatic rings. The first kappa shape index (κ1) is 21.2. The number of nitrogens with zero attached hydrogens (tertiary/aromatic N) is 4. The monoisotopic (exact) mass is 457 g/mol. The van der Waals surface area contributed by atoms with E-state index in [0.29, 0.717) is 38.9 Å². The molecule has 10 heteroatoms. The molecular weight excluding hydrogens is 438 g/mol. The van der Waals surface area contributed by atoms with Crippen molar-refractivity contribution in [2.45, 2.75) is 32.5 Å². The molecule has 0 saturated heterocycles. The second-order valence-corrected chi connectivity index (χ2v) is 8.31. The van der Waals surface area contributed by atoms with Crippen molar-refractivity contribution in [3.63, 3.8) is 0 Å². The average molecular weight is 458 g/mol. The summed E-state index contributed by atoms with van der Waals surface area (Å²) in [5.41, 5.74) is 2.38. The normalized spacial score (nSPS) is 11.1. The molecule has 0 aliphatic rings. The molecule has 3 heterocycles. The third-order valence-corrected chi connectivity index (χ3v) is 5.71. The van der Waals surface area contributed by atoms with Gasteiger partial charge in [0.15, 0.2) is 17.4 Å². The molecule has 0 atom stereocenters. The van der Waals surface area contributed by atoms with Crippen LogP contribution >= 0.6 is 23.4 Å². The zero-order valence-electron chi connectivity index (χ0n) is 17.2. The number of thioether (sulfide) groups is 1.